The topological polar surface area (TPSA) is 72.5 Å². The van der Waals surface area contributed by atoms with Crippen LogP contribution in [0, 0.1) is 20.8 Å². The summed E-state index contributed by atoms with van der Waals surface area (Å²) in [5.41, 5.74) is 4.14. The van der Waals surface area contributed by atoms with Crippen molar-refractivity contribution in [3.05, 3.63) is 57.7 Å². The SMILES string of the molecule is C=CCNC(=O)CCc1c(C)c2cc3c(C)coc3c(C)c2oc1=O. The summed E-state index contributed by atoms with van der Waals surface area (Å²) in [6, 6.07) is 2.00. The van der Waals surface area contributed by atoms with Crippen molar-refractivity contribution in [3.63, 3.8) is 0 Å². The number of fused-ring (bicyclic) bond motifs is 2. The molecule has 0 radical (unpaired) electrons. The van der Waals surface area contributed by atoms with Gasteiger partial charge in [-0.05, 0) is 44.4 Å². The third-order valence-corrected chi connectivity index (χ3v) is 4.58. The zero-order valence-corrected chi connectivity index (χ0v) is 14.7. The van der Waals surface area contributed by atoms with Gasteiger partial charge < -0.3 is 14.2 Å². The van der Waals surface area contributed by atoms with E-state index in [-0.39, 0.29) is 12.3 Å². The van der Waals surface area contributed by atoms with Gasteiger partial charge in [-0.2, -0.15) is 0 Å². The van der Waals surface area contributed by atoms with Gasteiger partial charge in [-0.25, -0.2) is 4.79 Å². The number of benzene rings is 1. The highest BCUT2D eigenvalue weighted by molar-refractivity contribution is 5.99. The molecule has 0 saturated carbocycles. The van der Waals surface area contributed by atoms with Crippen LogP contribution >= 0.6 is 0 Å². The van der Waals surface area contributed by atoms with Crippen LogP contribution < -0.4 is 10.9 Å². The number of aryl methyl sites for hydroxylation is 3. The smallest absolute Gasteiger partial charge is 0.339 e. The Morgan fingerprint density at radius 2 is 1.96 bits per heavy atom. The Morgan fingerprint density at radius 3 is 2.68 bits per heavy atom. The van der Waals surface area contributed by atoms with E-state index >= 15 is 0 Å². The van der Waals surface area contributed by atoms with Gasteiger partial charge in [-0.1, -0.05) is 6.08 Å². The molecule has 1 aromatic carbocycles. The molecule has 0 unspecified atom stereocenters. The first-order chi connectivity index (χ1) is 11.9. The molecule has 25 heavy (non-hydrogen) atoms. The number of carbonyl (C=O) groups is 1. The van der Waals surface area contributed by atoms with E-state index in [0.717, 1.165) is 33.0 Å². The number of rotatable bonds is 5. The predicted molar refractivity (Wildman–Crippen MR) is 98.0 cm³/mol. The standard InChI is InChI=1S/C20H21NO4/c1-5-8-21-17(22)7-6-14-12(3)16-9-15-11(2)10-24-18(15)13(4)19(16)25-20(14)23/h5,9-10H,1,6-8H2,2-4H3,(H,21,22). The van der Waals surface area contributed by atoms with Gasteiger partial charge in [-0.3, -0.25) is 4.79 Å². The van der Waals surface area contributed by atoms with Crippen molar-refractivity contribution in [3.8, 4) is 0 Å². The second kappa shape index (κ2) is 6.59. The summed E-state index contributed by atoms with van der Waals surface area (Å²) in [5, 5.41) is 4.61. The lowest BCUT2D eigenvalue weighted by atomic mass is 9.98. The van der Waals surface area contributed by atoms with Gasteiger partial charge in [0, 0.05) is 34.9 Å². The summed E-state index contributed by atoms with van der Waals surface area (Å²) in [4.78, 5) is 24.2. The maximum absolute atomic E-state index is 12.4. The van der Waals surface area contributed by atoms with E-state index in [1.165, 1.54) is 0 Å². The molecule has 5 nitrogen and oxygen atoms in total. The highest BCUT2D eigenvalue weighted by Crippen LogP contribution is 2.32. The zero-order chi connectivity index (χ0) is 18.1. The summed E-state index contributed by atoms with van der Waals surface area (Å²) in [6.07, 6.45) is 3.90. The van der Waals surface area contributed by atoms with E-state index < -0.39 is 5.63 Å². The minimum atomic E-state index is -0.396. The Balaban J connectivity index is 2.07. The second-order valence-electron chi connectivity index (χ2n) is 6.26. The molecular weight excluding hydrogens is 318 g/mol. The fourth-order valence-electron chi connectivity index (χ4n) is 3.12. The van der Waals surface area contributed by atoms with Crippen molar-refractivity contribution in [2.75, 3.05) is 6.54 Å². The van der Waals surface area contributed by atoms with Crippen LogP contribution in [0.15, 0.2) is 38.6 Å². The maximum Gasteiger partial charge on any atom is 0.339 e. The molecule has 0 aliphatic rings. The molecule has 5 heteroatoms. The monoisotopic (exact) mass is 339 g/mol. The molecule has 3 aromatic rings. The molecule has 130 valence electrons. The van der Waals surface area contributed by atoms with Crippen LogP contribution in [-0.4, -0.2) is 12.5 Å². The first-order valence-corrected chi connectivity index (χ1v) is 8.25. The van der Waals surface area contributed by atoms with Crippen molar-refractivity contribution >= 4 is 27.8 Å². The van der Waals surface area contributed by atoms with Crippen LogP contribution in [0.3, 0.4) is 0 Å². The molecule has 0 saturated heterocycles. The maximum atomic E-state index is 12.4. The highest BCUT2D eigenvalue weighted by Gasteiger charge is 2.17. The Hall–Kier alpha value is -2.82. The van der Waals surface area contributed by atoms with Gasteiger partial charge in [0.25, 0.3) is 0 Å². The highest BCUT2D eigenvalue weighted by atomic mass is 16.4. The van der Waals surface area contributed by atoms with Crippen LogP contribution in [0.4, 0.5) is 0 Å². The largest absolute Gasteiger partial charge is 0.464 e. The van der Waals surface area contributed by atoms with Crippen molar-refractivity contribution < 1.29 is 13.6 Å². The number of hydrogen-bond donors (Lipinski definition) is 1. The van der Waals surface area contributed by atoms with E-state index in [0.29, 0.717) is 24.1 Å². The average Bonchev–Trinajstić information content (AvgIpc) is 2.95. The molecule has 0 spiro atoms. The number of carbonyl (C=O) groups excluding carboxylic acids is 1. The van der Waals surface area contributed by atoms with Crippen LogP contribution in [0.1, 0.15) is 28.7 Å². The fourth-order valence-corrected chi connectivity index (χ4v) is 3.12. The summed E-state index contributed by atoms with van der Waals surface area (Å²) < 4.78 is 11.2. The molecule has 0 atom stereocenters. The third-order valence-electron chi connectivity index (χ3n) is 4.58. The predicted octanol–water partition coefficient (Wildman–Crippen LogP) is 3.70. The van der Waals surface area contributed by atoms with Crippen LogP contribution in [0.25, 0.3) is 21.9 Å². The summed E-state index contributed by atoms with van der Waals surface area (Å²) >= 11 is 0. The van der Waals surface area contributed by atoms with Crippen molar-refractivity contribution in [2.24, 2.45) is 0 Å². The third kappa shape index (κ3) is 2.97. The quantitative estimate of drug-likeness (QED) is 0.568. The molecular formula is C20H21NO4. The average molecular weight is 339 g/mol. The fraction of sp³-hybridized carbons (Fsp3) is 0.300. The minimum Gasteiger partial charge on any atom is -0.464 e. The molecule has 0 aliphatic heterocycles. The van der Waals surface area contributed by atoms with E-state index in [2.05, 4.69) is 11.9 Å². The molecule has 1 N–H and O–H groups in total. The Bertz CT molecular complexity index is 1040. The second-order valence-corrected chi connectivity index (χ2v) is 6.26. The Labute approximate surface area is 145 Å². The Morgan fingerprint density at radius 1 is 1.20 bits per heavy atom. The lowest BCUT2D eigenvalue weighted by Gasteiger charge is -2.10. The van der Waals surface area contributed by atoms with E-state index in [9.17, 15) is 9.59 Å². The van der Waals surface area contributed by atoms with Crippen molar-refractivity contribution in [2.45, 2.75) is 33.6 Å². The summed E-state index contributed by atoms with van der Waals surface area (Å²) in [6.45, 7) is 9.75. The number of nitrogens with one attached hydrogen (secondary N) is 1. The number of hydrogen-bond acceptors (Lipinski definition) is 4. The molecule has 2 heterocycles. The first-order valence-electron chi connectivity index (χ1n) is 8.25. The lowest BCUT2D eigenvalue weighted by molar-refractivity contribution is -0.120. The normalized spacial score (nSPS) is 11.2. The van der Waals surface area contributed by atoms with Gasteiger partial charge in [-0.15, -0.1) is 6.58 Å². The van der Waals surface area contributed by atoms with Gasteiger partial charge in [0.1, 0.15) is 11.2 Å². The molecule has 0 aliphatic carbocycles. The Kier molecular flexibility index (Phi) is 4.49. The van der Waals surface area contributed by atoms with Crippen LogP contribution in [0.2, 0.25) is 0 Å². The molecule has 0 bridgehead atoms. The molecule has 2 aromatic heterocycles. The van der Waals surface area contributed by atoms with Crippen molar-refractivity contribution in [1.82, 2.24) is 5.32 Å². The van der Waals surface area contributed by atoms with Gasteiger partial charge in [0.05, 0.1) is 6.26 Å². The molecule has 1 amide bonds. The van der Waals surface area contributed by atoms with Crippen molar-refractivity contribution in [1.29, 1.82) is 0 Å². The van der Waals surface area contributed by atoms with Gasteiger partial charge >= 0.3 is 5.63 Å². The summed E-state index contributed by atoms with van der Waals surface area (Å²) in [5.74, 6) is -0.115. The number of furan rings is 1. The summed E-state index contributed by atoms with van der Waals surface area (Å²) in [7, 11) is 0. The van der Waals surface area contributed by atoms with Crippen LogP contribution in [-0.2, 0) is 11.2 Å². The van der Waals surface area contributed by atoms with E-state index in [4.69, 9.17) is 8.83 Å². The van der Waals surface area contributed by atoms with E-state index in [1.54, 1.807) is 12.3 Å². The van der Waals surface area contributed by atoms with Crippen LogP contribution in [0.5, 0.6) is 0 Å². The lowest BCUT2D eigenvalue weighted by Crippen LogP contribution is -2.24. The van der Waals surface area contributed by atoms with E-state index in [1.807, 2.05) is 26.8 Å². The molecule has 3 rings (SSSR count). The number of amides is 1. The zero-order valence-electron chi connectivity index (χ0n) is 14.7. The minimum absolute atomic E-state index is 0.115. The van der Waals surface area contributed by atoms with Gasteiger partial charge in [0.15, 0.2) is 0 Å². The first kappa shape index (κ1) is 17.0. The molecule has 0 fully saturated rings. The van der Waals surface area contributed by atoms with Gasteiger partial charge in [0.2, 0.25) is 5.91 Å².